The van der Waals surface area contributed by atoms with Crippen LogP contribution in [0.4, 0.5) is 0 Å². The largest absolute Gasteiger partial charge is 0.397 e. The van der Waals surface area contributed by atoms with E-state index >= 15 is 0 Å². The summed E-state index contributed by atoms with van der Waals surface area (Å²) in [6.45, 7) is 3.79. The van der Waals surface area contributed by atoms with Gasteiger partial charge in [0.05, 0.1) is 6.61 Å². The first-order chi connectivity index (χ1) is 7.24. The van der Waals surface area contributed by atoms with Crippen LogP contribution in [0, 0.1) is 0 Å². The second-order valence-corrected chi connectivity index (χ2v) is 3.26. The normalized spacial score (nSPS) is 9.67. The Morgan fingerprint density at radius 2 is 1.67 bits per heavy atom. The molecule has 0 atom stereocenters. The van der Waals surface area contributed by atoms with Crippen LogP contribution in [0.15, 0.2) is 30.3 Å². The minimum atomic E-state index is 0.226. The van der Waals surface area contributed by atoms with E-state index in [9.17, 15) is 0 Å². The molecule has 0 aliphatic heterocycles. The zero-order valence-electron chi connectivity index (χ0n) is 9.56. The van der Waals surface area contributed by atoms with Gasteiger partial charge < -0.3 is 10.2 Å². The number of aliphatic hydroxyl groups is 2. The van der Waals surface area contributed by atoms with Gasteiger partial charge in [0.15, 0.2) is 0 Å². The van der Waals surface area contributed by atoms with Crippen LogP contribution in [0.2, 0.25) is 0 Å². The highest BCUT2D eigenvalue weighted by Crippen LogP contribution is 2.01. The van der Waals surface area contributed by atoms with Gasteiger partial charge in [-0.05, 0) is 19.5 Å². The lowest BCUT2D eigenvalue weighted by atomic mass is 10.2. The maximum absolute atomic E-state index is 8.67. The molecule has 0 aliphatic carbocycles. The Labute approximate surface area is 92.0 Å². The first-order valence-corrected chi connectivity index (χ1v) is 5.18. The number of nitrogens with zero attached hydrogens (tertiary/aromatic N) is 1. The fourth-order valence-corrected chi connectivity index (χ4v) is 1.14. The highest BCUT2D eigenvalue weighted by molar-refractivity contribution is 5.14. The van der Waals surface area contributed by atoms with Crippen LogP contribution in [0.5, 0.6) is 0 Å². The van der Waals surface area contributed by atoms with Crippen molar-refractivity contribution < 1.29 is 10.2 Å². The van der Waals surface area contributed by atoms with E-state index < -0.39 is 0 Å². The molecule has 1 rings (SSSR count). The number of benzene rings is 1. The molecule has 0 fully saturated rings. The van der Waals surface area contributed by atoms with Gasteiger partial charge in [-0.1, -0.05) is 30.3 Å². The quantitative estimate of drug-likeness (QED) is 0.784. The summed E-state index contributed by atoms with van der Waals surface area (Å²) in [5.74, 6) is 0. The molecule has 0 heterocycles. The van der Waals surface area contributed by atoms with Gasteiger partial charge in [-0.25, -0.2) is 0 Å². The van der Waals surface area contributed by atoms with Gasteiger partial charge in [0.25, 0.3) is 0 Å². The second kappa shape index (κ2) is 9.65. The Bertz CT molecular complexity index is 226. The summed E-state index contributed by atoms with van der Waals surface area (Å²) in [4.78, 5) is 2.09. The van der Waals surface area contributed by atoms with E-state index in [0.29, 0.717) is 0 Å². The van der Waals surface area contributed by atoms with Gasteiger partial charge in [-0.2, -0.15) is 0 Å². The number of rotatable bonds is 4. The predicted molar refractivity (Wildman–Crippen MR) is 62.6 cm³/mol. The zero-order chi connectivity index (χ0) is 11.5. The number of likely N-dealkylation sites (N-methyl/N-ethyl adjacent to an activating group) is 1. The summed E-state index contributed by atoms with van der Waals surface area (Å²) in [6.07, 6.45) is 0. The van der Waals surface area contributed by atoms with Crippen molar-refractivity contribution >= 4 is 0 Å². The lowest BCUT2D eigenvalue weighted by Crippen LogP contribution is -2.21. The van der Waals surface area contributed by atoms with Gasteiger partial charge in [0, 0.05) is 19.7 Å². The third-order valence-corrected chi connectivity index (χ3v) is 1.78. The maximum atomic E-state index is 8.67. The standard InChI is InChI=1S/C10H15NO.C2H6O/c1-11(7-8-12)9-10-5-3-2-4-6-10;1-2-3/h2-6,12H,7-9H2,1H3;3H,2H2,1H3. The Hall–Kier alpha value is -0.900. The number of hydrogen-bond donors (Lipinski definition) is 2. The fourth-order valence-electron chi connectivity index (χ4n) is 1.14. The van der Waals surface area contributed by atoms with Crippen molar-refractivity contribution in [3.63, 3.8) is 0 Å². The topological polar surface area (TPSA) is 43.7 Å². The van der Waals surface area contributed by atoms with Crippen molar-refractivity contribution in [1.29, 1.82) is 0 Å². The van der Waals surface area contributed by atoms with Crippen molar-refractivity contribution in [2.24, 2.45) is 0 Å². The van der Waals surface area contributed by atoms with E-state index in [0.717, 1.165) is 13.1 Å². The summed E-state index contributed by atoms with van der Waals surface area (Å²) in [6, 6.07) is 10.3. The van der Waals surface area contributed by atoms with Crippen LogP contribution in [-0.2, 0) is 6.54 Å². The Morgan fingerprint density at radius 1 is 1.13 bits per heavy atom. The molecule has 0 bridgehead atoms. The predicted octanol–water partition coefficient (Wildman–Crippen LogP) is 1.11. The minimum absolute atomic E-state index is 0.226. The van der Waals surface area contributed by atoms with Crippen LogP contribution in [0.1, 0.15) is 12.5 Å². The molecule has 0 radical (unpaired) electrons. The van der Waals surface area contributed by atoms with Gasteiger partial charge in [0.2, 0.25) is 0 Å². The fraction of sp³-hybridized carbons (Fsp3) is 0.500. The molecule has 0 saturated heterocycles. The van der Waals surface area contributed by atoms with Crippen LogP contribution in [-0.4, -0.2) is 41.9 Å². The lowest BCUT2D eigenvalue weighted by molar-refractivity contribution is 0.217. The molecule has 15 heavy (non-hydrogen) atoms. The molecule has 1 aromatic rings. The van der Waals surface area contributed by atoms with Crippen molar-refractivity contribution in [2.75, 3.05) is 26.8 Å². The van der Waals surface area contributed by atoms with E-state index in [1.165, 1.54) is 5.56 Å². The summed E-state index contributed by atoms with van der Waals surface area (Å²) in [5, 5.41) is 16.2. The molecule has 0 aromatic heterocycles. The van der Waals surface area contributed by atoms with Crippen LogP contribution < -0.4 is 0 Å². The molecule has 3 heteroatoms. The lowest BCUT2D eigenvalue weighted by Gasteiger charge is -2.14. The van der Waals surface area contributed by atoms with Crippen molar-refractivity contribution in [3.8, 4) is 0 Å². The molecule has 0 spiro atoms. The smallest absolute Gasteiger partial charge is 0.0558 e. The molecule has 3 nitrogen and oxygen atoms in total. The molecule has 0 aliphatic rings. The SMILES string of the molecule is CCO.CN(CCO)Cc1ccccc1. The summed E-state index contributed by atoms with van der Waals surface area (Å²) in [5.41, 5.74) is 1.29. The average molecular weight is 211 g/mol. The van der Waals surface area contributed by atoms with Crippen LogP contribution >= 0.6 is 0 Å². The molecule has 1 aromatic carbocycles. The average Bonchev–Trinajstić information content (AvgIpc) is 2.20. The highest BCUT2D eigenvalue weighted by atomic mass is 16.3. The number of aliphatic hydroxyl groups excluding tert-OH is 2. The monoisotopic (exact) mass is 211 g/mol. The van der Waals surface area contributed by atoms with Crippen molar-refractivity contribution in [3.05, 3.63) is 35.9 Å². The Morgan fingerprint density at radius 3 is 2.13 bits per heavy atom. The summed E-state index contributed by atoms with van der Waals surface area (Å²) in [7, 11) is 2.00. The first-order valence-electron chi connectivity index (χ1n) is 5.18. The number of hydrogen-bond acceptors (Lipinski definition) is 3. The molecule has 0 unspecified atom stereocenters. The van der Waals surface area contributed by atoms with E-state index in [-0.39, 0.29) is 13.2 Å². The summed E-state index contributed by atoms with van der Waals surface area (Å²) >= 11 is 0. The molecular weight excluding hydrogens is 190 g/mol. The van der Waals surface area contributed by atoms with E-state index in [2.05, 4.69) is 17.0 Å². The van der Waals surface area contributed by atoms with Crippen LogP contribution in [0.3, 0.4) is 0 Å². The highest BCUT2D eigenvalue weighted by Gasteiger charge is 1.97. The molecule has 0 saturated carbocycles. The Kier molecular flexibility index (Phi) is 9.07. The maximum Gasteiger partial charge on any atom is 0.0558 e. The van der Waals surface area contributed by atoms with Crippen LogP contribution in [0.25, 0.3) is 0 Å². The molecular formula is C12H21NO2. The minimum Gasteiger partial charge on any atom is -0.397 e. The first kappa shape index (κ1) is 14.1. The second-order valence-electron chi connectivity index (χ2n) is 3.26. The van der Waals surface area contributed by atoms with E-state index in [1.54, 1.807) is 6.92 Å². The van der Waals surface area contributed by atoms with Crippen molar-refractivity contribution in [1.82, 2.24) is 4.90 Å². The summed E-state index contributed by atoms with van der Waals surface area (Å²) < 4.78 is 0. The van der Waals surface area contributed by atoms with Gasteiger partial charge in [-0.15, -0.1) is 0 Å². The van der Waals surface area contributed by atoms with Crippen molar-refractivity contribution in [2.45, 2.75) is 13.5 Å². The van der Waals surface area contributed by atoms with Gasteiger partial charge in [0.1, 0.15) is 0 Å². The zero-order valence-corrected chi connectivity index (χ0v) is 9.56. The molecule has 2 N–H and O–H groups in total. The van der Waals surface area contributed by atoms with Gasteiger partial charge >= 0.3 is 0 Å². The Balaban J connectivity index is 0.000000583. The molecule has 86 valence electrons. The third-order valence-electron chi connectivity index (χ3n) is 1.78. The van der Waals surface area contributed by atoms with E-state index in [4.69, 9.17) is 10.2 Å². The molecule has 0 amide bonds. The third kappa shape index (κ3) is 8.12. The van der Waals surface area contributed by atoms with Gasteiger partial charge in [-0.3, -0.25) is 4.90 Å². The van der Waals surface area contributed by atoms with E-state index in [1.807, 2.05) is 25.2 Å².